The van der Waals surface area contributed by atoms with Crippen LogP contribution in [0.2, 0.25) is 0 Å². The lowest BCUT2D eigenvalue weighted by Crippen LogP contribution is -2.14. The van der Waals surface area contributed by atoms with Gasteiger partial charge in [0.1, 0.15) is 5.75 Å². The lowest BCUT2D eigenvalue weighted by molar-refractivity contribution is -0.113. The number of nitrogens with zero attached hydrogens (tertiary/aromatic N) is 2. The van der Waals surface area contributed by atoms with Gasteiger partial charge in [-0.3, -0.25) is 4.79 Å². The minimum absolute atomic E-state index is 0.139. The number of thioether (sulfide) groups is 1. The number of aryl methyl sites for hydroxylation is 1. The molecule has 0 fully saturated rings. The van der Waals surface area contributed by atoms with Gasteiger partial charge in [0.15, 0.2) is 0 Å². The second-order valence-corrected chi connectivity index (χ2v) is 7.06. The Morgan fingerprint density at radius 3 is 2.88 bits per heavy atom. The van der Waals surface area contributed by atoms with Gasteiger partial charge in [0.2, 0.25) is 11.8 Å². The predicted molar refractivity (Wildman–Crippen MR) is 99.6 cm³/mol. The first-order chi connectivity index (χ1) is 12.0. The van der Waals surface area contributed by atoms with Gasteiger partial charge < -0.3 is 14.8 Å². The van der Waals surface area contributed by atoms with Crippen molar-refractivity contribution in [2.75, 3.05) is 11.1 Å². The number of amides is 1. The maximum Gasteiger partial charge on any atom is 0.277 e. The molecule has 0 aliphatic heterocycles. The van der Waals surface area contributed by atoms with E-state index in [2.05, 4.69) is 31.4 Å². The van der Waals surface area contributed by atoms with E-state index in [4.69, 9.17) is 4.42 Å². The van der Waals surface area contributed by atoms with Gasteiger partial charge in [0.05, 0.1) is 5.75 Å². The van der Waals surface area contributed by atoms with Gasteiger partial charge in [-0.2, -0.15) is 0 Å². The molecule has 0 unspecified atom stereocenters. The highest BCUT2D eigenvalue weighted by Gasteiger charge is 2.12. The smallest absolute Gasteiger partial charge is 0.277 e. The van der Waals surface area contributed by atoms with E-state index in [1.165, 1.54) is 0 Å². The van der Waals surface area contributed by atoms with E-state index in [9.17, 15) is 9.90 Å². The van der Waals surface area contributed by atoms with Crippen molar-refractivity contribution >= 4 is 39.3 Å². The fourth-order valence-electron chi connectivity index (χ4n) is 2.06. The molecule has 0 saturated carbocycles. The van der Waals surface area contributed by atoms with Crippen LogP contribution in [0.3, 0.4) is 0 Å². The number of phenols is 1. The first kappa shape index (κ1) is 17.5. The van der Waals surface area contributed by atoms with Gasteiger partial charge in [-0.15, -0.1) is 10.2 Å². The lowest BCUT2D eigenvalue weighted by Gasteiger charge is -2.06. The fraction of sp³-hybridized carbons (Fsp3) is 0.118. The molecule has 0 atom stereocenters. The summed E-state index contributed by atoms with van der Waals surface area (Å²) < 4.78 is 6.48. The zero-order chi connectivity index (χ0) is 17.8. The quantitative estimate of drug-likeness (QED) is 0.474. The number of phenolic OH excluding ortho intramolecular Hbond substituents is 1. The van der Waals surface area contributed by atoms with Crippen molar-refractivity contribution < 1.29 is 14.3 Å². The summed E-state index contributed by atoms with van der Waals surface area (Å²) in [6.45, 7) is 1.77. The number of hydrogen-bond donors (Lipinski definition) is 2. The average molecular weight is 420 g/mol. The predicted octanol–water partition coefficient (Wildman–Crippen LogP) is 4.24. The number of nitrogens with one attached hydrogen (secondary N) is 1. The lowest BCUT2D eigenvalue weighted by atomic mass is 10.2. The Labute approximate surface area is 156 Å². The largest absolute Gasteiger partial charge is 0.508 e. The standard InChI is InChI=1S/C17H14BrN3O3S/c1-10-7-13(5-6-14(10)22)19-15(23)9-25-17-21-20-16(24-17)11-3-2-4-12(18)8-11/h2-8,22H,9H2,1H3,(H,19,23). The molecule has 128 valence electrons. The van der Waals surface area contributed by atoms with Gasteiger partial charge in [0.25, 0.3) is 5.22 Å². The molecule has 1 amide bonds. The Morgan fingerprint density at radius 1 is 1.28 bits per heavy atom. The van der Waals surface area contributed by atoms with E-state index in [0.717, 1.165) is 21.8 Å². The van der Waals surface area contributed by atoms with Gasteiger partial charge >= 0.3 is 0 Å². The molecule has 3 rings (SSSR count). The third-order valence-electron chi connectivity index (χ3n) is 3.29. The van der Waals surface area contributed by atoms with Crippen molar-refractivity contribution in [2.24, 2.45) is 0 Å². The van der Waals surface area contributed by atoms with Crippen LogP contribution in [0.1, 0.15) is 5.56 Å². The van der Waals surface area contributed by atoms with Gasteiger partial charge in [-0.25, -0.2) is 0 Å². The molecule has 3 aromatic rings. The third kappa shape index (κ3) is 4.61. The zero-order valence-corrected chi connectivity index (χ0v) is 15.6. The molecule has 8 heteroatoms. The number of carbonyl (C=O) groups excluding carboxylic acids is 1. The molecule has 2 aromatic carbocycles. The molecule has 2 N–H and O–H groups in total. The van der Waals surface area contributed by atoms with Crippen LogP contribution in [0.4, 0.5) is 5.69 Å². The van der Waals surface area contributed by atoms with Crippen molar-refractivity contribution in [3.63, 3.8) is 0 Å². The van der Waals surface area contributed by atoms with E-state index in [-0.39, 0.29) is 17.4 Å². The van der Waals surface area contributed by atoms with Crippen molar-refractivity contribution in [3.8, 4) is 17.2 Å². The van der Waals surface area contributed by atoms with Gasteiger partial charge in [-0.05, 0) is 48.9 Å². The van der Waals surface area contributed by atoms with Crippen molar-refractivity contribution in [1.29, 1.82) is 0 Å². The summed E-state index contributed by atoms with van der Waals surface area (Å²) in [5, 5.41) is 20.5. The third-order valence-corrected chi connectivity index (χ3v) is 4.60. The average Bonchev–Trinajstić information content (AvgIpc) is 3.05. The molecule has 0 saturated heterocycles. The molecule has 0 spiro atoms. The topological polar surface area (TPSA) is 88.3 Å². The molecule has 1 heterocycles. The van der Waals surface area contributed by atoms with Crippen LogP contribution in [-0.2, 0) is 4.79 Å². The van der Waals surface area contributed by atoms with Crippen LogP contribution in [0.5, 0.6) is 5.75 Å². The Kier molecular flexibility index (Phi) is 5.40. The van der Waals surface area contributed by atoms with E-state index < -0.39 is 0 Å². The highest BCUT2D eigenvalue weighted by Crippen LogP contribution is 2.25. The monoisotopic (exact) mass is 419 g/mol. The maximum absolute atomic E-state index is 12.0. The van der Waals surface area contributed by atoms with Crippen LogP contribution >= 0.6 is 27.7 Å². The Balaban J connectivity index is 1.58. The second-order valence-electron chi connectivity index (χ2n) is 5.22. The molecule has 0 radical (unpaired) electrons. The summed E-state index contributed by atoms with van der Waals surface area (Å²) in [7, 11) is 0. The van der Waals surface area contributed by atoms with Gasteiger partial charge in [0, 0.05) is 15.7 Å². The molecule has 0 bridgehead atoms. The van der Waals surface area contributed by atoms with Crippen LogP contribution in [0, 0.1) is 6.92 Å². The summed E-state index contributed by atoms with van der Waals surface area (Å²) in [6, 6.07) is 12.4. The first-order valence-corrected chi connectivity index (χ1v) is 9.11. The van der Waals surface area contributed by atoms with Crippen molar-refractivity contribution in [1.82, 2.24) is 10.2 Å². The molecule has 0 aliphatic rings. The molecule has 0 aliphatic carbocycles. The SMILES string of the molecule is Cc1cc(NC(=O)CSc2nnc(-c3cccc(Br)c3)o2)ccc1O. The van der Waals surface area contributed by atoms with E-state index >= 15 is 0 Å². The van der Waals surface area contributed by atoms with Crippen LogP contribution < -0.4 is 5.32 Å². The summed E-state index contributed by atoms with van der Waals surface area (Å²) in [5.74, 6) is 0.536. The van der Waals surface area contributed by atoms with E-state index in [1.807, 2.05) is 24.3 Å². The maximum atomic E-state index is 12.0. The summed E-state index contributed by atoms with van der Waals surface area (Å²) in [4.78, 5) is 12.0. The molecule has 1 aromatic heterocycles. The van der Waals surface area contributed by atoms with Crippen molar-refractivity contribution in [2.45, 2.75) is 12.1 Å². The van der Waals surface area contributed by atoms with Crippen LogP contribution in [0.15, 0.2) is 56.6 Å². The Morgan fingerprint density at radius 2 is 2.12 bits per heavy atom. The number of benzene rings is 2. The Hall–Kier alpha value is -2.32. The fourth-order valence-corrected chi connectivity index (χ4v) is 3.03. The minimum atomic E-state index is -0.197. The number of carbonyl (C=O) groups is 1. The van der Waals surface area contributed by atoms with E-state index in [1.54, 1.807) is 25.1 Å². The summed E-state index contributed by atoms with van der Waals surface area (Å²) >= 11 is 4.55. The molecule has 6 nitrogen and oxygen atoms in total. The van der Waals surface area contributed by atoms with E-state index in [0.29, 0.717) is 22.4 Å². The number of aromatic nitrogens is 2. The molecular formula is C17H14BrN3O3S. The number of hydrogen-bond acceptors (Lipinski definition) is 6. The summed E-state index contributed by atoms with van der Waals surface area (Å²) in [6.07, 6.45) is 0. The number of rotatable bonds is 5. The Bertz CT molecular complexity index is 914. The van der Waals surface area contributed by atoms with Crippen LogP contribution in [0.25, 0.3) is 11.5 Å². The second kappa shape index (κ2) is 7.71. The van der Waals surface area contributed by atoms with Crippen molar-refractivity contribution in [3.05, 3.63) is 52.5 Å². The first-order valence-electron chi connectivity index (χ1n) is 7.33. The minimum Gasteiger partial charge on any atom is -0.508 e. The summed E-state index contributed by atoms with van der Waals surface area (Å²) in [5.41, 5.74) is 2.13. The van der Waals surface area contributed by atoms with Gasteiger partial charge in [-0.1, -0.05) is 33.8 Å². The highest BCUT2D eigenvalue weighted by atomic mass is 79.9. The normalized spacial score (nSPS) is 10.6. The molecular weight excluding hydrogens is 406 g/mol. The highest BCUT2D eigenvalue weighted by molar-refractivity contribution is 9.10. The number of halogens is 1. The number of anilines is 1. The number of aromatic hydroxyl groups is 1. The molecule has 25 heavy (non-hydrogen) atoms. The zero-order valence-electron chi connectivity index (χ0n) is 13.2. The van der Waals surface area contributed by atoms with Crippen LogP contribution in [-0.4, -0.2) is 27.0 Å².